The normalized spacial score (nSPS) is 42.5. The van der Waals surface area contributed by atoms with Crippen molar-refractivity contribution < 1.29 is 4.74 Å². The second kappa shape index (κ2) is 5.48. The van der Waals surface area contributed by atoms with Gasteiger partial charge in [-0.3, -0.25) is 4.90 Å². The molecule has 0 radical (unpaired) electrons. The molecule has 18 heavy (non-hydrogen) atoms. The maximum absolute atomic E-state index is 6.12. The summed E-state index contributed by atoms with van der Waals surface area (Å²) in [6.07, 6.45) is 9.65. The van der Waals surface area contributed by atoms with E-state index >= 15 is 0 Å². The third-order valence-electron chi connectivity index (χ3n) is 5.64. The quantitative estimate of drug-likeness (QED) is 0.817. The summed E-state index contributed by atoms with van der Waals surface area (Å²) in [4.78, 5) is 2.69. The van der Waals surface area contributed by atoms with Crippen LogP contribution in [0.25, 0.3) is 0 Å². The van der Waals surface area contributed by atoms with Gasteiger partial charge in [-0.25, -0.2) is 0 Å². The summed E-state index contributed by atoms with van der Waals surface area (Å²) in [5.41, 5.74) is 6.28. The Kier molecular flexibility index (Phi) is 3.92. The molecule has 2 aliphatic heterocycles. The fraction of sp³-hybridized carbons (Fsp3) is 1.00. The standard InChI is InChI=1S/C15H28N2O/c16-11-15(7-3-9-18-12-15)17-8-6-13-4-1-2-5-14(13)10-17/h13-14H,1-12,16H2. The molecule has 104 valence electrons. The van der Waals surface area contributed by atoms with Crippen LogP contribution in [0, 0.1) is 11.8 Å². The van der Waals surface area contributed by atoms with E-state index in [-0.39, 0.29) is 5.54 Å². The first-order valence-electron chi connectivity index (χ1n) is 7.87. The van der Waals surface area contributed by atoms with Crippen LogP contribution in [0.15, 0.2) is 0 Å². The fourth-order valence-corrected chi connectivity index (χ4v) is 4.41. The monoisotopic (exact) mass is 252 g/mol. The first-order valence-corrected chi connectivity index (χ1v) is 7.87. The van der Waals surface area contributed by atoms with Crippen molar-refractivity contribution in [3.63, 3.8) is 0 Å². The van der Waals surface area contributed by atoms with E-state index in [0.29, 0.717) is 0 Å². The van der Waals surface area contributed by atoms with Crippen molar-refractivity contribution in [2.24, 2.45) is 17.6 Å². The average Bonchev–Trinajstić information content (AvgIpc) is 2.47. The summed E-state index contributed by atoms with van der Waals surface area (Å²) in [7, 11) is 0. The second-order valence-corrected chi connectivity index (χ2v) is 6.62. The van der Waals surface area contributed by atoms with Crippen molar-refractivity contribution >= 4 is 0 Å². The highest BCUT2D eigenvalue weighted by Crippen LogP contribution is 2.39. The smallest absolute Gasteiger partial charge is 0.0662 e. The Hall–Kier alpha value is -0.120. The lowest BCUT2D eigenvalue weighted by Gasteiger charge is -2.51. The molecule has 0 bridgehead atoms. The number of hydrogen-bond donors (Lipinski definition) is 1. The van der Waals surface area contributed by atoms with E-state index in [1.807, 2.05) is 0 Å². The van der Waals surface area contributed by atoms with Gasteiger partial charge in [0.2, 0.25) is 0 Å². The molecule has 0 aromatic heterocycles. The molecular formula is C15H28N2O. The van der Waals surface area contributed by atoms with Gasteiger partial charge in [-0.1, -0.05) is 19.3 Å². The van der Waals surface area contributed by atoms with Crippen molar-refractivity contribution in [3.05, 3.63) is 0 Å². The van der Waals surface area contributed by atoms with Crippen LogP contribution in [0.3, 0.4) is 0 Å². The van der Waals surface area contributed by atoms with Crippen LogP contribution in [0.4, 0.5) is 0 Å². The van der Waals surface area contributed by atoms with E-state index in [1.54, 1.807) is 0 Å². The Labute approximate surface area is 111 Å². The van der Waals surface area contributed by atoms with Crippen molar-refractivity contribution in [1.82, 2.24) is 4.90 Å². The molecule has 3 rings (SSSR count). The van der Waals surface area contributed by atoms with Crippen LogP contribution in [0.5, 0.6) is 0 Å². The number of nitrogens with zero attached hydrogens (tertiary/aromatic N) is 1. The molecule has 3 aliphatic rings. The van der Waals surface area contributed by atoms with Crippen molar-refractivity contribution in [3.8, 4) is 0 Å². The van der Waals surface area contributed by atoms with Gasteiger partial charge in [0, 0.05) is 19.7 Å². The molecule has 1 saturated carbocycles. The van der Waals surface area contributed by atoms with Gasteiger partial charge in [0.1, 0.15) is 0 Å². The van der Waals surface area contributed by atoms with E-state index < -0.39 is 0 Å². The summed E-state index contributed by atoms with van der Waals surface area (Å²) < 4.78 is 5.74. The molecule has 3 nitrogen and oxygen atoms in total. The number of nitrogens with two attached hydrogens (primary N) is 1. The average molecular weight is 252 g/mol. The lowest BCUT2D eigenvalue weighted by atomic mass is 9.73. The van der Waals surface area contributed by atoms with Crippen LogP contribution in [-0.4, -0.2) is 43.3 Å². The molecule has 0 aromatic carbocycles. The molecule has 3 atom stereocenters. The van der Waals surface area contributed by atoms with Gasteiger partial charge in [0.25, 0.3) is 0 Å². The summed E-state index contributed by atoms with van der Waals surface area (Å²) in [5, 5.41) is 0. The molecule has 3 fully saturated rings. The highest BCUT2D eigenvalue weighted by atomic mass is 16.5. The minimum atomic E-state index is 0.167. The number of piperidine rings is 1. The predicted octanol–water partition coefficient (Wildman–Crippen LogP) is 2.01. The highest BCUT2D eigenvalue weighted by Gasteiger charge is 2.42. The van der Waals surface area contributed by atoms with E-state index in [2.05, 4.69) is 4.90 Å². The van der Waals surface area contributed by atoms with Crippen molar-refractivity contribution in [1.29, 1.82) is 0 Å². The number of rotatable bonds is 2. The van der Waals surface area contributed by atoms with Crippen molar-refractivity contribution in [2.45, 2.75) is 50.5 Å². The molecule has 0 spiro atoms. The van der Waals surface area contributed by atoms with Gasteiger partial charge < -0.3 is 10.5 Å². The van der Waals surface area contributed by atoms with Gasteiger partial charge in [-0.2, -0.15) is 0 Å². The van der Waals surface area contributed by atoms with Gasteiger partial charge in [0.15, 0.2) is 0 Å². The molecule has 2 saturated heterocycles. The number of hydrogen-bond acceptors (Lipinski definition) is 3. The van der Waals surface area contributed by atoms with Crippen LogP contribution in [-0.2, 0) is 4.74 Å². The zero-order chi connectivity index (χ0) is 12.4. The number of fused-ring (bicyclic) bond motifs is 1. The Morgan fingerprint density at radius 3 is 2.67 bits per heavy atom. The number of ether oxygens (including phenoxy) is 1. The van der Waals surface area contributed by atoms with E-state index in [1.165, 1.54) is 58.0 Å². The maximum Gasteiger partial charge on any atom is 0.0662 e. The SMILES string of the molecule is NCC1(N2CCC3CCCCC3C2)CCCOC1. The fourth-order valence-electron chi connectivity index (χ4n) is 4.41. The minimum absolute atomic E-state index is 0.167. The molecule has 0 amide bonds. The van der Waals surface area contributed by atoms with Crippen molar-refractivity contribution in [2.75, 3.05) is 32.8 Å². The molecular weight excluding hydrogens is 224 g/mol. The van der Waals surface area contributed by atoms with Crippen LogP contribution in [0.1, 0.15) is 44.9 Å². The van der Waals surface area contributed by atoms with Crippen LogP contribution < -0.4 is 5.73 Å². The van der Waals surface area contributed by atoms with Gasteiger partial charge in [0.05, 0.1) is 12.1 Å². The van der Waals surface area contributed by atoms with E-state index in [0.717, 1.165) is 31.6 Å². The zero-order valence-corrected chi connectivity index (χ0v) is 11.6. The Balaban J connectivity index is 1.68. The van der Waals surface area contributed by atoms with E-state index in [9.17, 15) is 0 Å². The van der Waals surface area contributed by atoms with Crippen LogP contribution >= 0.6 is 0 Å². The van der Waals surface area contributed by atoms with Crippen LogP contribution in [0.2, 0.25) is 0 Å². The Morgan fingerprint density at radius 1 is 1.11 bits per heavy atom. The molecule has 0 aromatic rings. The van der Waals surface area contributed by atoms with Gasteiger partial charge >= 0.3 is 0 Å². The molecule has 3 unspecified atom stereocenters. The summed E-state index contributed by atoms with van der Waals surface area (Å²) in [6, 6.07) is 0. The molecule has 3 heteroatoms. The molecule has 2 N–H and O–H groups in total. The highest BCUT2D eigenvalue weighted by molar-refractivity contribution is 4.97. The Morgan fingerprint density at radius 2 is 1.94 bits per heavy atom. The first kappa shape index (κ1) is 12.9. The van der Waals surface area contributed by atoms with Gasteiger partial charge in [-0.05, 0) is 44.1 Å². The predicted molar refractivity (Wildman–Crippen MR) is 73.5 cm³/mol. The zero-order valence-electron chi connectivity index (χ0n) is 11.6. The largest absolute Gasteiger partial charge is 0.379 e. The number of likely N-dealkylation sites (tertiary alicyclic amines) is 1. The first-order chi connectivity index (χ1) is 8.84. The summed E-state index contributed by atoms with van der Waals surface area (Å²) in [5.74, 6) is 1.95. The summed E-state index contributed by atoms with van der Waals surface area (Å²) in [6.45, 7) is 5.10. The third-order valence-corrected chi connectivity index (χ3v) is 5.64. The topological polar surface area (TPSA) is 38.5 Å². The lowest BCUT2D eigenvalue weighted by molar-refractivity contribution is -0.0726. The van der Waals surface area contributed by atoms with Gasteiger partial charge in [-0.15, -0.1) is 0 Å². The Bertz CT molecular complexity index is 276. The third kappa shape index (κ3) is 2.33. The second-order valence-electron chi connectivity index (χ2n) is 6.62. The lowest BCUT2D eigenvalue weighted by Crippen LogP contribution is -2.62. The maximum atomic E-state index is 6.12. The summed E-state index contributed by atoms with van der Waals surface area (Å²) >= 11 is 0. The molecule has 2 heterocycles. The molecule has 1 aliphatic carbocycles. The minimum Gasteiger partial charge on any atom is -0.379 e. The van der Waals surface area contributed by atoms with E-state index in [4.69, 9.17) is 10.5 Å².